The Morgan fingerprint density at radius 1 is 0.393 bits per heavy atom. The van der Waals surface area contributed by atoms with Crippen molar-refractivity contribution in [2.24, 2.45) is 23.7 Å². The second kappa shape index (κ2) is 33.8. The predicted octanol–water partition coefficient (Wildman–Crippen LogP) is 11.5. The normalized spacial score (nSPS) is 26.8. The topological polar surface area (TPSA) is 272 Å². The third-order valence-electron chi connectivity index (χ3n) is 24.5. The zero-order chi connectivity index (χ0) is 78.0. The summed E-state index contributed by atoms with van der Waals surface area (Å²) >= 11 is 0. The Hall–Kier alpha value is -10.5. The number of ether oxygens (including phenoxy) is 10. The van der Waals surface area contributed by atoms with Gasteiger partial charge in [-0.3, -0.25) is 43.6 Å². The van der Waals surface area contributed by atoms with Crippen LogP contribution in [0.5, 0.6) is 80.5 Å². The maximum Gasteiger partial charge on any atom is 0.231 e. The van der Waals surface area contributed by atoms with E-state index in [2.05, 4.69) is 59.9 Å². The van der Waals surface area contributed by atoms with Crippen LogP contribution in [0.25, 0.3) is 12.2 Å². The van der Waals surface area contributed by atoms with E-state index in [-0.39, 0.29) is 124 Å². The van der Waals surface area contributed by atoms with Crippen molar-refractivity contribution in [3.8, 4) is 80.5 Å². The standard InChI is InChI=1S/C24H25NO5.C24H21NO5.C22H25NO5.C8H13NO.C8H6O3.CH4B.CH4/c2*1-25-18-4-5-19(25)17(9-15-3-7-21-23(11-15)30-13-28-21)24(26)16(18)8-14-2-6-20-22(10-14)29-12-27-20;1-23-16-4-5-17(23)15(9-13-3-7-19(25)21(27)11-13)22(28)14(16)8-12-2-6-18(24)20(26)10-12;1-9-6-2-3-7(9)5-8(10)4-6;9-4-6-1-2-7-8(3-6)11-5-10-7;1-2;/h2-3,6-7,10-11,16-19H,4-5,8-9,12-13H2,1H3;2-3,6-11,18-19H,4-5,12-13H2,1H3;2-3,6-7,10-11,14-17,24-27H,4-5,8-9H2,1H3;6-7H,2-5H2,1H3;1-4H,5H2;1-2H2;1H4/q;;;;;-1;/b;16-8-,17-9-;;;;;/i;;;;;1D,2+8;. The molecular formula is C88H98BN4O19-. The molecule has 4 N–H and O–H groups in total. The lowest BCUT2D eigenvalue weighted by Gasteiger charge is -2.41. The van der Waals surface area contributed by atoms with E-state index in [4.69, 9.17) is 48.7 Å². The number of hydrogen-bond acceptors (Lipinski definition) is 23. The van der Waals surface area contributed by atoms with Crippen molar-refractivity contribution in [2.75, 3.05) is 62.2 Å². The van der Waals surface area contributed by atoms with Crippen molar-refractivity contribution in [3.63, 3.8) is 0 Å². The molecule has 0 aliphatic carbocycles. The minimum Gasteiger partial charge on any atom is -0.504 e. The van der Waals surface area contributed by atoms with Gasteiger partial charge in [0.15, 0.2) is 86.3 Å². The molecule has 23 nitrogen and oxygen atoms in total. The number of phenols is 4. The van der Waals surface area contributed by atoms with Crippen LogP contribution in [-0.2, 0) is 44.9 Å². The van der Waals surface area contributed by atoms with Gasteiger partial charge in [-0.05, 0) is 242 Å². The summed E-state index contributed by atoms with van der Waals surface area (Å²) < 4.78 is 59.9. The second-order valence-corrected chi connectivity index (χ2v) is 30.6. The van der Waals surface area contributed by atoms with Gasteiger partial charge in [-0.15, -0.1) is 0 Å². The molecule has 7 aromatic carbocycles. The smallest absolute Gasteiger partial charge is 0.231 e. The van der Waals surface area contributed by atoms with E-state index in [1.54, 1.807) is 38.2 Å². The van der Waals surface area contributed by atoms with Crippen molar-refractivity contribution in [2.45, 2.75) is 146 Å². The van der Waals surface area contributed by atoms with Crippen molar-refractivity contribution < 1.29 is 93.1 Å². The zero-order valence-electron chi connectivity index (χ0n) is 64.0. The maximum absolute atomic E-state index is 13.7. The molecule has 0 amide bonds. The Morgan fingerprint density at radius 2 is 0.696 bits per heavy atom. The number of rotatable bonds is 11. The molecule has 24 heteroatoms. The van der Waals surface area contributed by atoms with E-state index in [0.29, 0.717) is 65.6 Å². The Bertz CT molecular complexity index is 4530. The highest BCUT2D eigenvalue weighted by Gasteiger charge is 2.53. The predicted molar refractivity (Wildman–Crippen MR) is 421 cm³/mol. The molecule has 12 unspecified atom stereocenters. The van der Waals surface area contributed by atoms with Gasteiger partial charge in [0.2, 0.25) is 34.0 Å². The number of likely N-dealkylation sites (N-methyl/N-ethyl adjacent to an activating group) is 1. The van der Waals surface area contributed by atoms with Gasteiger partial charge in [-0.2, -0.15) is 0 Å². The molecule has 13 aliphatic rings. The molecule has 13 aliphatic heterocycles. The number of carbonyl (C=O) groups excluding carboxylic acids is 5. The van der Waals surface area contributed by atoms with Crippen LogP contribution in [0, 0.1) is 30.5 Å². The number of ketones is 4. The van der Waals surface area contributed by atoms with Gasteiger partial charge >= 0.3 is 0 Å². The largest absolute Gasteiger partial charge is 0.504 e. The summed E-state index contributed by atoms with van der Waals surface area (Å²) in [5.74, 6) is 7.62. The highest BCUT2D eigenvalue weighted by atomic mass is 19.2. The molecule has 0 aromatic heterocycles. The van der Waals surface area contributed by atoms with Crippen LogP contribution in [0.15, 0.2) is 139 Å². The molecule has 8 saturated heterocycles. The van der Waals surface area contributed by atoms with Crippen molar-refractivity contribution in [1.29, 1.82) is 0 Å². The number of fused-ring (bicyclic) bond motifs is 13. The summed E-state index contributed by atoms with van der Waals surface area (Å²) in [5, 5.41) is 38.6. The van der Waals surface area contributed by atoms with Gasteiger partial charge in [0, 0.05) is 102 Å². The van der Waals surface area contributed by atoms with E-state index in [1.165, 1.54) is 43.9 Å². The molecule has 588 valence electrons. The van der Waals surface area contributed by atoms with Crippen LogP contribution in [0.1, 0.15) is 117 Å². The number of phenolic OH excluding ortho intramolecular Hbond substituents is 4. The van der Waals surface area contributed by atoms with E-state index in [0.717, 1.165) is 161 Å². The maximum atomic E-state index is 13.7. The minimum absolute atomic E-state index is 0. The molecule has 8 bridgehead atoms. The van der Waals surface area contributed by atoms with Gasteiger partial charge in [0.25, 0.3) is 0 Å². The van der Waals surface area contributed by atoms with Crippen LogP contribution in [0.4, 0.5) is 0 Å². The van der Waals surface area contributed by atoms with E-state index in [1.807, 2.05) is 72.8 Å². The number of benzene rings is 7. The fourth-order valence-electron chi connectivity index (χ4n) is 18.8. The molecular weight excluding hydrogens is 1440 g/mol. The molecule has 0 saturated carbocycles. The first-order valence-electron chi connectivity index (χ1n) is 38.9. The third kappa shape index (κ3) is 16.1. The molecule has 112 heavy (non-hydrogen) atoms. The molecule has 7 aromatic rings. The van der Waals surface area contributed by atoms with Crippen molar-refractivity contribution in [3.05, 3.63) is 184 Å². The molecule has 8 fully saturated rings. The highest BCUT2D eigenvalue weighted by Crippen LogP contribution is 2.48. The lowest BCUT2D eigenvalue weighted by Crippen LogP contribution is -2.53. The van der Waals surface area contributed by atoms with Gasteiger partial charge in [-0.25, -0.2) is 1.37 Å². The fraction of sp³-hybridized carbons (Fsp3) is 0.409. The fourth-order valence-corrected chi connectivity index (χ4v) is 18.8. The second-order valence-electron chi connectivity index (χ2n) is 30.6. The SMILES string of the molecule is C.CN1C2CCC1/C(=C/c1ccc3c(c1)OCO3)C(=O)/C2=C\c1ccc2c(c1)OCO2.CN1C2CCC1C(Cc1ccc(O)c(O)c1)C(=O)C2Cc1ccc(O)c(O)c1.CN1C2CCC1C(Cc1ccc3c(c1)OCO3)C(=O)C2Cc1ccc2c(c1)OCO2.CN1C2CCC1CC(=O)C2.O=Cc1ccc2c(c1)OCO2.[2H][CH-][19BH2]. The number of aromatic hydroxyl groups is 4. The number of Topliss-reactive ketones (excluding diaryl/α,β-unsaturated/α-hetero) is 4. The number of piperidine rings is 4. The van der Waals surface area contributed by atoms with Crippen LogP contribution >= 0.6 is 0 Å². The summed E-state index contributed by atoms with van der Waals surface area (Å²) in [6.45, 7) is 2.52. The monoisotopic (exact) mass is 1530 g/mol. The molecule has 0 spiro atoms. The van der Waals surface area contributed by atoms with Gasteiger partial charge in [-0.1, -0.05) is 51.7 Å². The molecule has 13 heterocycles. The first kappa shape index (κ1) is 76.8. The summed E-state index contributed by atoms with van der Waals surface area (Å²) in [4.78, 5) is 71.4. The van der Waals surface area contributed by atoms with Crippen molar-refractivity contribution in [1.82, 2.24) is 19.6 Å². The molecule has 0 radical (unpaired) electrons. The Kier molecular flexibility index (Phi) is 23.2. The number of carbonyl (C=O) groups is 5. The van der Waals surface area contributed by atoms with E-state index >= 15 is 0 Å². The van der Waals surface area contributed by atoms with Crippen LogP contribution in [0.3, 0.4) is 0 Å². The van der Waals surface area contributed by atoms with Crippen LogP contribution in [-0.4, -0.2) is 188 Å². The van der Waals surface area contributed by atoms with Gasteiger partial charge < -0.3 is 74.6 Å². The zero-order valence-corrected chi connectivity index (χ0v) is 63.0. The first-order chi connectivity index (χ1) is 54.3. The molecule has 20 rings (SSSR count). The summed E-state index contributed by atoms with van der Waals surface area (Å²) in [5.41, 5.74) is 8.09. The summed E-state index contributed by atoms with van der Waals surface area (Å²) in [7, 11) is 10.2. The average molecular weight is 1540 g/mol. The van der Waals surface area contributed by atoms with Crippen molar-refractivity contribution >= 4 is 49.4 Å². The van der Waals surface area contributed by atoms with Gasteiger partial charge in [0.1, 0.15) is 23.6 Å². The Morgan fingerprint density at radius 3 is 1.04 bits per heavy atom. The third-order valence-corrected chi connectivity index (χ3v) is 24.5. The number of aldehydes is 1. The number of hydrogen-bond donors (Lipinski definition) is 4. The lowest BCUT2D eigenvalue weighted by atomic mass is 9.76. The highest BCUT2D eigenvalue weighted by molar-refractivity contribution is 6.16. The van der Waals surface area contributed by atoms with E-state index in [9.17, 15) is 44.4 Å². The van der Waals surface area contributed by atoms with Crippen LogP contribution < -0.4 is 47.4 Å². The van der Waals surface area contributed by atoms with Gasteiger partial charge in [0.05, 0.1) is 0 Å². The summed E-state index contributed by atoms with van der Waals surface area (Å²) in [6.07, 6.45) is 17.4. The molecule has 12 atom stereocenters. The quantitative estimate of drug-likeness (QED) is 0.0308. The first-order valence-corrected chi connectivity index (χ1v) is 38.3. The summed E-state index contributed by atoms with van der Waals surface area (Å²) in [6, 6.07) is 40.7. The minimum atomic E-state index is -0.177. The Balaban J connectivity index is 0.000000122. The van der Waals surface area contributed by atoms with E-state index < -0.39 is 0 Å². The van der Waals surface area contributed by atoms with Crippen LogP contribution in [0.2, 0.25) is 0 Å². The number of nitrogens with zero attached hydrogens (tertiary/aromatic N) is 4. The lowest BCUT2D eigenvalue weighted by molar-refractivity contribution is -0.135. The Labute approximate surface area is 655 Å². The average Bonchev–Trinajstić information content (AvgIpc) is 1.63.